The van der Waals surface area contributed by atoms with Gasteiger partial charge in [0.05, 0.1) is 26.3 Å². The molecule has 26 heavy (non-hydrogen) atoms. The third-order valence-corrected chi connectivity index (χ3v) is 5.15. The van der Waals surface area contributed by atoms with Gasteiger partial charge < -0.3 is 14.6 Å². The predicted molar refractivity (Wildman–Crippen MR) is 102 cm³/mol. The first-order valence-electron chi connectivity index (χ1n) is 8.19. The number of thiazole rings is 1. The van der Waals surface area contributed by atoms with Gasteiger partial charge in [0.25, 0.3) is 0 Å². The lowest BCUT2D eigenvalue weighted by molar-refractivity contribution is -0.136. The minimum atomic E-state index is -0.848. The maximum atomic E-state index is 10.9. The molecule has 2 aromatic heterocycles. The second-order valence-corrected chi connectivity index (χ2v) is 8.19. The van der Waals surface area contributed by atoms with Crippen LogP contribution in [-0.4, -0.2) is 34.7 Å². The summed E-state index contributed by atoms with van der Waals surface area (Å²) in [6.45, 7) is 6.42. The van der Waals surface area contributed by atoms with Gasteiger partial charge in [-0.2, -0.15) is 0 Å². The lowest BCUT2D eigenvalue weighted by atomic mass is 9.85. The van der Waals surface area contributed by atoms with E-state index in [9.17, 15) is 4.79 Å². The molecule has 2 heterocycles. The van der Waals surface area contributed by atoms with Crippen LogP contribution in [-0.2, 0) is 16.6 Å². The molecule has 0 amide bonds. The van der Waals surface area contributed by atoms with Crippen molar-refractivity contribution in [3.05, 3.63) is 35.0 Å². The van der Waals surface area contributed by atoms with Gasteiger partial charge in [-0.3, -0.25) is 9.20 Å². The standard InChI is InChI=1S/C19H22N2O4S/c1-19(2,3)11-6-13(17(25-5)15(7-11)24-4)14-10-21-9-12(8-16(22)23)26-18(21)20-14/h6-7,9-10H,8H2,1-5H3,(H,22,23). The van der Waals surface area contributed by atoms with Crippen LogP contribution in [0.1, 0.15) is 31.2 Å². The van der Waals surface area contributed by atoms with Gasteiger partial charge in [-0.15, -0.1) is 11.3 Å². The van der Waals surface area contributed by atoms with Gasteiger partial charge in [0.1, 0.15) is 0 Å². The van der Waals surface area contributed by atoms with Crippen molar-refractivity contribution in [2.24, 2.45) is 0 Å². The number of carboxylic acid groups (broad SMARTS) is 1. The van der Waals surface area contributed by atoms with E-state index >= 15 is 0 Å². The highest BCUT2D eigenvalue weighted by Crippen LogP contribution is 2.42. The molecule has 6 nitrogen and oxygen atoms in total. The Balaban J connectivity index is 2.13. The molecule has 7 heteroatoms. The van der Waals surface area contributed by atoms with Gasteiger partial charge in [0.15, 0.2) is 16.5 Å². The topological polar surface area (TPSA) is 73.1 Å². The second kappa shape index (κ2) is 6.64. The summed E-state index contributed by atoms with van der Waals surface area (Å²) in [4.78, 5) is 17.1. The fraction of sp³-hybridized carbons (Fsp3) is 0.368. The first kappa shape index (κ1) is 18.3. The predicted octanol–water partition coefficient (Wildman–Crippen LogP) is 4.00. The number of hydrogen-bond acceptors (Lipinski definition) is 5. The number of rotatable bonds is 5. The van der Waals surface area contributed by atoms with Crippen molar-refractivity contribution in [3.63, 3.8) is 0 Å². The van der Waals surface area contributed by atoms with E-state index in [4.69, 9.17) is 14.6 Å². The number of carboxylic acids is 1. The van der Waals surface area contributed by atoms with Crippen LogP contribution in [0.4, 0.5) is 0 Å². The van der Waals surface area contributed by atoms with Gasteiger partial charge >= 0.3 is 5.97 Å². The van der Waals surface area contributed by atoms with Crippen molar-refractivity contribution in [2.75, 3.05) is 14.2 Å². The summed E-state index contributed by atoms with van der Waals surface area (Å²) in [5, 5.41) is 8.94. The number of nitrogens with zero attached hydrogens (tertiary/aromatic N) is 2. The van der Waals surface area contributed by atoms with Crippen LogP contribution in [0.25, 0.3) is 16.2 Å². The van der Waals surface area contributed by atoms with Crippen LogP contribution in [0.5, 0.6) is 11.5 Å². The van der Waals surface area contributed by atoms with E-state index in [0.29, 0.717) is 11.5 Å². The van der Waals surface area contributed by atoms with Gasteiger partial charge in [0, 0.05) is 22.8 Å². The number of imidazole rings is 1. The SMILES string of the molecule is COc1cc(C(C)(C)C)cc(-c2cn3cc(CC(=O)O)sc3n2)c1OC. The molecule has 3 rings (SSSR count). The van der Waals surface area contributed by atoms with Crippen LogP contribution in [0, 0.1) is 0 Å². The maximum absolute atomic E-state index is 10.9. The Bertz CT molecular complexity index is 934. The Kier molecular flexibility index (Phi) is 4.66. The summed E-state index contributed by atoms with van der Waals surface area (Å²) < 4.78 is 13.0. The van der Waals surface area contributed by atoms with Gasteiger partial charge in [0.2, 0.25) is 0 Å². The van der Waals surface area contributed by atoms with Gasteiger partial charge in [-0.05, 0) is 23.1 Å². The third-order valence-electron chi connectivity index (χ3n) is 4.15. The Hall–Kier alpha value is -2.54. The molecule has 0 fully saturated rings. The summed E-state index contributed by atoms with van der Waals surface area (Å²) >= 11 is 1.37. The zero-order chi connectivity index (χ0) is 19.1. The van der Waals surface area contributed by atoms with Crippen molar-refractivity contribution in [1.82, 2.24) is 9.38 Å². The van der Waals surface area contributed by atoms with E-state index in [0.717, 1.165) is 26.7 Å². The highest BCUT2D eigenvalue weighted by molar-refractivity contribution is 7.17. The average Bonchev–Trinajstić information content (AvgIpc) is 3.10. The molecule has 0 radical (unpaired) electrons. The summed E-state index contributed by atoms with van der Waals surface area (Å²) in [5.74, 6) is 0.453. The van der Waals surface area contributed by atoms with Crippen LogP contribution in [0.2, 0.25) is 0 Å². The monoisotopic (exact) mass is 374 g/mol. The molecule has 1 N–H and O–H groups in total. The normalized spacial score (nSPS) is 11.7. The fourth-order valence-corrected chi connectivity index (χ4v) is 3.74. The minimum Gasteiger partial charge on any atom is -0.493 e. The molecule has 0 aliphatic rings. The summed E-state index contributed by atoms with van der Waals surface area (Å²) in [5.41, 5.74) is 2.68. The van der Waals surface area contributed by atoms with E-state index < -0.39 is 5.97 Å². The molecule has 0 unspecified atom stereocenters. The van der Waals surface area contributed by atoms with Crippen molar-refractivity contribution >= 4 is 22.3 Å². The fourth-order valence-electron chi connectivity index (χ4n) is 2.79. The van der Waals surface area contributed by atoms with Gasteiger partial charge in [-0.1, -0.05) is 20.8 Å². The number of carbonyl (C=O) groups is 1. The smallest absolute Gasteiger partial charge is 0.308 e. The lowest BCUT2D eigenvalue weighted by Crippen LogP contribution is -2.12. The minimum absolute atomic E-state index is 0.0000131. The molecule has 0 bridgehead atoms. The maximum Gasteiger partial charge on any atom is 0.308 e. The number of benzene rings is 1. The first-order valence-corrected chi connectivity index (χ1v) is 9.00. The Morgan fingerprint density at radius 2 is 1.96 bits per heavy atom. The second-order valence-electron chi connectivity index (χ2n) is 7.09. The summed E-state index contributed by atoms with van der Waals surface area (Å²) in [6, 6.07) is 4.07. The zero-order valence-corrected chi connectivity index (χ0v) is 16.3. The highest BCUT2D eigenvalue weighted by Gasteiger charge is 2.22. The van der Waals surface area contributed by atoms with E-state index in [1.165, 1.54) is 11.3 Å². The highest BCUT2D eigenvalue weighted by atomic mass is 32.1. The molecular formula is C19H22N2O4S. The molecule has 0 aliphatic carbocycles. The molecule has 1 aromatic carbocycles. The summed E-state index contributed by atoms with van der Waals surface area (Å²) in [6.07, 6.45) is 3.70. The number of aromatic nitrogens is 2. The van der Waals surface area contributed by atoms with E-state index in [1.807, 2.05) is 22.9 Å². The molecule has 0 saturated heterocycles. The van der Waals surface area contributed by atoms with E-state index in [2.05, 4.69) is 31.8 Å². The molecular weight excluding hydrogens is 352 g/mol. The average molecular weight is 374 g/mol. The molecule has 0 aliphatic heterocycles. The number of aliphatic carboxylic acids is 1. The van der Waals surface area contributed by atoms with Crippen molar-refractivity contribution in [1.29, 1.82) is 0 Å². The Labute approximate surface area is 156 Å². The summed E-state index contributed by atoms with van der Waals surface area (Å²) in [7, 11) is 3.24. The molecule has 3 aromatic rings. The van der Waals surface area contributed by atoms with Crippen molar-refractivity contribution in [3.8, 4) is 22.8 Å². The van der Waals surface area contributed by atoms with E-state index in [-0.39, 0.29) is 11.8 Å². The molecule has 0 saturated carbocycles. The molecule has 138 valence electrons. The molecule has 0 spiro atoms. The van der Waals surface area contributed by atoms with Crippen molar-refractivity contribution < 1.29 is 19.4 Å². The van der Waals surface area contributed by atoms with Gasteiger partial charge in [-0.25, -0.2) is 4.98 Å². The third kappa shape index (κ3) is 3.39. The quantitative estimate of drug-likeness (QED) is 0.731. The zero-order valence-electron chi connectivity index (χ0n) is 15.5. The van der Waals surface area contributed by atoms with Crippen LogP contribution >= 0.6 is 11.3 Å². The molecule has 0 atom stereocenters. The lowest BCUT2D eigenvalue weighted by Gasteiger charge is -2.22. The Morgan fingerprint density at radius 3 is 2.50 bits per heavy atom. The van der Waals surface area contributed by atoms with Crippen LogP contribution in [0.15, 0.2) is 24.5 Å². The van der Waals surface area contributed by atoms with Crippen LogP contribution in [0.3, 0.4) is 0 Å². The number of fused-ring (bicyclic) bond motifs is 1. The first-order chi connectivity index (χ1) is 12.2. The van der Waals surface area contributed by atoms with E-state index in [1.54, 1.807) is 14.2 Å². The number of ether oxygens (including phenoxy) is 2. The Morgan fingerprint density at radius 1 is 1.23 bits per heavy atom. The van der Waals surface area contributed by atoms with Crippen LogP contribution < -0.4 is 9.47 Å². The number of hydrogen-bond donors (Lipinski definition) is 1. The number of methoxy groups -OCH3 is 2. The van der Waals surface area contributed by atoms with Crippen molar-refractivity contribution in [2.45, 2.75) is 32.6 Å². The largest absolute Gasteiger partial charge is 0.493 e.